The third kappa shape index (κ3) is 2.19. The normalized spacial score (nSPS) is 20.1. The van der Waals surface area contributed by atoms with Crippen LogP contribution in [0.15, 0.2) is 12.1 Å². The molecule has 1 aliphatic carbocycles. The maximum atomic E-state index is 12.2. The average molecular weight is 301 g/mol. The van der Waals surface area contributed by atoms with Gasteiger partial charge in [0.1, 0.15) is 0 Å². The number of rotatable bonds is 2. The van der Waals surface area contributed by atoms with Gasteiger partial charge in [0.2, 0.25) is 0 Å². The Morgan fingerprint density at radius 1 is 1.21 bits per heavy atom. The lowest BCUT2D eigenvalue weighted by molar-refractivity contribution is 0.0943. The fraction of sp³-hybridized carbons (Fsp3) is 0.500. The molecule has 0 unspecified atom stereocenters. The minimum atomic E-state index is -0.172. The summed E-state index contributed by atoms with van der Waals surface area (Å²) in [6.45, 7) is 8.56. The van der Waals surface area contributed by atoms with Crippen molar-refractivity contribution in [3.05, 3.63) is 27.7 Å². The van der Waals surface area contributed by atoms with E-state index in [4.69, 9.17) is 28.9 Å². The van der Waals surface area contributed by atoms with Crippen molar-refractivity contribution < 1.29 is 4.79 Å². The number of halogens is 2. The molecule has 3 nitrogen and oxygen atoms in total. The van der Waals surface area contributed by atoms with Gasteiger partial charge in [-0.2, -0.15) is 0 Å². The van der Waals surface area contributed by atoms with Crippen LogP contribution in [0.4, 0.5) is 5.69 Å². The van der Waals surface area contributed by atoms with Crippen molar-refractivity contribution in [2.75, 3.05) is 5.73 Å². The Hall–Kier alpha value is -0.930. The third-order valence-corrected chi connectivity index (χ3v) is 5.43. The van der Waals surface area contributed by atoms with Gasteiger partial charge in [-0.05, 0) is 23.0 Å². The Bertz CT molecular complexity index is 515. The van der Waals surface area contributed by atoms with Crippen LogP contribution in [0.3, 0.4) is 0 Å². The number of nitrogen functional groups attached to an aromatic ring is 1. The summed E-state index contributed by atoms with van der Waals surface area (Å²) in [6.07, 6.45) is 0. The van der Waals surface area contributed by atoms with E-state index in [2.05, 4.69) is 33.0 Å². The predicted molar refractivity (Wildman–Crippen MR) is 79.7 cm³/mol. The van der Waals surface area contributed by atoms with E-state index >= 15 is 0 Å². The summed E-state index contributed by atoms with van der Waals surface area (Å²) in [4.78, 5) is 12.2. The minimum absolute atomic E-state index is 0.0877. The van der Waals surface area contributed by atoms with Crippen LogP contribution in [-0.4, -0.2) is 11.9 Å². The van der Waals surface area contributed by atoms with Gasteiger partial charge in [-0.15, -0.1) is 0 Å². The quantitative estimate of drug-likeness (QED) is 0.818. The van der Waals surface area contributed by atoms with E-state index in [0.29, 0.717) is 16.3 Å². The van der Waals surface area contributed by atoms with Gasteiger partial charge in [0.25, 0.3) is 5.91 Å². The number of carbonyl (C=O) groups excluding carboxylic acids is 1. The van der Waals surface area contributed by atoms with Crippen LogP contribution in [0.2, 0.25) is 10.0 Å². The summed E-state index contributed by atoms with van der Waals surface area (Å²) in [5.74, 6) is -0.172. The Morgan fingerprint density at radius 2 is 1.74 bits per heavy atom. The second-order valence-electron chi connectivity index (χ2n) is 6.21. The highest BCUT2D eigenvalue weighted by molar-refractivity contribution is 6.43. The number of nitrogens with two attached hydrogens (primary N) is 1. The fourth-order valence-electron chi connectivity index (χ4n) is 2.51. The molecule has 1 amide bonds. The molecule has 3 N–H and O–H groups in total. The van der Waals surface area contributed by atoms with E-state index in [1.54, 1.807) is 6.07 Å². The molecule has 1 aromatic carbocycles. The first-order chi connectivity index (χ1) is 8.59. The molecule has 0 spiro atoms. The molecule has 0 saturated heterocycles. The topological polar surface area (TPSA) is 55.1 Å². The number of anilines is 1. The van der Waals surface area contributed by atoms with Crippen molar-refractivity contribution >= 4 is 34.8 Å². The SMILES string of the molecule is CC1(C)C(NC(=O)c2cc(N)c(Cl)c(Cl)c2)C1(C)C. The van der Waals surface area contributed by atoms with Gasteiger partial charge in [-0.25, -0.2) is 0 Å². The molecule has 19 heavy (non-hydrogen) atoms. The molecule has 0 heterocycles. The second-order valence-corrected chi connectivity index (χ2v) is 7.00. The maximum absolute atomic E-state index is 12.2. The van der Waals surface area contributed by atoms with Crippen LogP contribution in [0, 0.1) is 10.8 Å². The van der Waals surface area contributed by atoms with Crippen LogP contribution in [0.1, 0.15) is 38.1 Å². The molecule has 0 bridgehead atoms. The van der Waals surface area contributed by atoms with Gasteiger partial charge in [0, 0.05) is 11.6 Å². The monoisotopic (exact) mass is 300 g/mol. The molecule has 1 aliphatic rings. The Labute approximate surface area is 123 Å². The number of benzene rings is 1. The molecular formula is C14H18Cl2N2O. The van der Waals surface area contributed by atoms with Crippen molar-refractivity contribution in [3.63, 3.8) is 0 Å². The molecule has 104 valence electrons. The summed E-state index contributed by atoms with van der Waals surface area (Å²) >= 11 is 11.8. The second kappa shape index (κ2) is 4.29. The average Bonchev–Trinajstić information content (AvgIpc) is 2.67. The number of amides is 1. The highest BCUT2D eigenvalue weighted by atomic mass is 35.5. The van der Waals surface area contributed by atoms with Crippen molar-refractivity contribution in [1.82, 2.24) is 5.32 Å². The number of hydrogen-bond acceptors (Lipinski definition) is 2. The van der Waals surface area contributed by atoms with E-state index in [0.717, 1.165) is 0 Å². The number of carbonyl (C=O) groups is 1. The zero-order valence-electron chi connectivity index (χ0n) is 11.5. The van der Waals surface area contributed by atoms with E-state index in [1.807, 2.05) is 0 Å². The summed E-state index contributed by atoms with van der Waals surface area (Å²) in [7, 11) is 0. The molecule has 5 heteroatoms. The zero-order valence-corrected chi connectivity index (χ0v) is 13.0. The van der Waals surface area contributed by atoms with Gasteiger partial charge in [0.15, 0.2) is 0 Å². The first-order valence-corrected chi connectivity index (χ1v) is 6.90. The van der Waals surface area contributed by atoms with Crippen LogP contribution in [-0.2, 0) is 0 Å². The summed E-state index contributed by atoms with van der Waals surface area (Å²) in [5, 5.41) is 3.60. The van der Waals surface area contributed by atoms with Crippen LogP contribution in [0.5, 0.6) is 0 Å². The lowest BCUT2D eigenvalue weighted by Crippen LogP contribution is -2.29. The molecule has 1 fully saturated rings. The van der Waals surface area contributed by atoms with E-state index in [9.17, 15) is 4.79 Å². The molecular weight excluding hydrogens is 283 g/mol. The molecule has 0 radical (unpaired) electrons. The van der Waals surface area contributed by atoms with Gasteiger partial charge < -0.3 is 11.1 Å². The van der Waals surface area contributed by atoms with Crippen molar-refractivity contribution in [2.24, 2.45) is 10.8 Å². The minimum Gasteiger partial charge on any atom is -0.397 e. The van der Waals surface area contributed by atoms with Gasteiger partial charge in [0.05, 0.1) is 15.7 Å². The predicted octanol–water partition coefficient (Wildman–Crippen LogP) is 3.74. The van der Waals surface area contributed by atoms with Gasteiger partial charge in [-0.3, -0.25) is 4.79 Å². The highest BCUT2D eigenvalue weighted by Gasteiger charge is 2.65. The maximum Gasteiger partial charge on any atom is 0.251 e. The van der Waals surface area contributed by atoms with Crippen molar-refractivity contribution in [3.8, 4) is 0 Å². The molecule has 0 atom stereocenters. The first kappa shape index (κ1) is 14.5. The molecule has 2 rings (SSSR count). The first-order valence-electron chi connectivity index (χ1n) is 6.14. The Morgan fingerprint density at radius 3 is 2.16 bits per heavy atom. The molecule has 0 aromatic heterocycles. The Kier molecular flexibility index (Phi) is 3.27. The smallest absolute Gasteiger partial charge is 0.251 e. The van der Waals surface area contributed by atoms with E-state index in [-0.39, 0.29) is 27.8 Å². The number of nitrogens with one attached hydrogen (secondary N) is 1. The van der Waals surface area contributed by atoms with Crippen molar-refractivity contribution in [1.29, 1.82) is 0 Å². The van der Waals surface area contributed by atoms with Crippen LogP contribution >= 0.6 is 23.2 Å². The lowest BCUT2D eigenvalue weighted by Gasteiger charge is -2.09. The zero-order chi connectivity index (χ0) is 14.6. The summed E-state index contributed by atoms with van der Waals surface area (Å²) in [6, 6.07) is 3.23. The van der Waals surface area contributed by atoms with Gasteiger partial charge in [-0.1, -0.05) is 50.9 Å². The van der Waals surface area contributed by atoms with Gasteiger partial charge >= 0.3 is 0 Å². The summed E-state index contributed by atoms with van der Waals surface area (Å²) in [5.41, 5.74) is 6.64. The van der Waals surface area contributed by atoms with E-state index < -0.39 is 0 Å². The fourth-order valence-corrected chi connectivity index (χ4v) is 2.85. The Balaban J connectivity index is 2.19. The molecule has 0 aliphatic heterocycles. The molecule has 1 saturated carbocycles. The standard InChI is InChI=1S/C14H18Cl2N2O/c1-13(2)12(14(13,3)4)18-11(19)7-5-8(15)10(16)9(17)6-7/h5-6,12H,17H2,1-4H3,(H,18,19). The van der Waals surface area contributed by atoms with Crippen molar-refractivity contribution in [2.45, 2.75) is 33.7 Å². The third-order valence-electron chi connectivity index (χ3n) is 4.61. The summed E-state index contributed by atoms with van der Waals surface area (Å²) < 4.78 is 0. The number of hydrogen-bond donors (Lipinski definition) is 2. The van der Waals surface area contributed by atoms with Crippen LogP contribution < -0.4 is 11.1 Å². The highest BCUT2D eigenvalue weighted by Crippen LogP contribution is 2.62. The van der Waals surface area contributed by atoms with Crippen LogP contribution in [0.25, 0.3) is 0 Å². The lowest BCUT2D eigenvalue weighted by atomic mass is 10.0. The largest absolute Gasteiger partial charge is 0.397 e. The molecule has 1 aromatic rings. The van der Waals surface area contributed by atoms with E-state index in [1.165, 1.54) is 6.07 Å².